The summed E-state index contributed by atoms with van der Waals surface area (Å²) in [6.45, 7) is 6.61. The molecule has 0 heterocycles. The van der Waals surface area contributed by atoms with Crippen molar-refractivity contribution in [1.29, 1.82) is 0 Å². The fourth-order valence-corrected chi connectivity index (χ4v) is 9.95. The van der Waals surface area contributed by atoms with Crippen molar-refractivity contribution in [2.24, 2.45) is 0 Å². The third-order valence-electron chi connectivity index (χ3n) is 15.2. The van der Waals surface area contributed by atoms with Gasteiger partial charge in [-0.1, -0.05) is 293 Å². The summed E-state index contributed by atoms with van der Waals surface area (Å²) in [5.74, 6) is -0.885. The van der Waals surface area contributed by atoms with Gasteiger partial charge in [-0.15, -0.1) is 0 Å². The summed E-state index contributed by atoms with van der Waals surface area (Å²) in [6.07, 6.45) is 87.8. The summed E-state index contributed by atoms with van der Waals surface area (Å²) in [4.78, 5) is 38.4. The largest absolute Gasteiger partial charge is 0.462 e. The molecule has 0 saturated heterocycles. The van der Waals surface area contributed by atoms with Gasteiger partial charge in [-0.25, -0.2) is 0 Å². The summed E-state index contributed by atoms with van der Waals surface area (Å²) in [7, 11) is 0. The standard InChI is InChI=1S/C73H130O6/c1-4-7-10-13-16-19-22-25-27-29-31-32-33-34-35-36-37-38-39-40-42-43-45-48-51-54-57-60-63-66-72(75)78-69-70(68-77-71(74)65-62-59-56-53-50-47-24-21-18-15-12-9-6-3)79-73(76)67-64-61-58-55-52-49-46-44-41-30-28-26-23-20-17-14-11-8-5-2/h17,20-22,24-26,28-29,31,41,44,70H,4-16,18-19,23,27,30,32-40,42-43,45-69H2,1-3H3/b20-17-,24-21-,25-22-,28-26-,31-29-,44-41-. The van der Waals surface area contributed by atoms with Crippen molar-refractivity contribution in [2.45, 2.75) is 361 Å². The lowest BCUT2D eigenvalue weighted by molar-refractivity contribution is -0.167. The maximum atomic E-state index is 12.9. The normalized spacial score (nSPS) is 12.5. The summed E-state index contributed by atoms with van der Waals surface area (Å²) < 4.78 is 16.9. The molecule has 0 amide bonds. The highest BCUT2D eigenvalue weighted by molar-refractivity contribution is 5.71. The van der Waals surface area contributed by atoms with Gasteiger partial charge in [0.2, 0.25) is 0 Å². The maximum Gasteiger partial charge on any atom is 0.306 e. The van der Waals surface area contributed by atoms with Gasteiger partial charge in [0.25, 0.3) is 0 Å². The van der Waals surface area contributed by atoms with Crippen molar-refractivity contribution >= 4 is 17.9 Å². The van der Waals surface area contributed by atoms with E-state index in [1.54, 1.807) is 0 Å². The van der Waals surface area contributed by atoms with E-state index in [4.69, 9.17) is 14.2 Å². The number of carbonyl (C=O) groups excluding carboxylic acids is 3. The molecule has 0 N–H and O–H groups in total. The zero-order chi connectivity index (χ0) is 57.1. The Morgan fingerprint density at radius 2 is 0.456 bits per heavy atom. The molecule has 0 spiro atoms. The van der Waals surface area contributed by atoms with Crippen LogP contribution in [0.1, 0.15) is 355 Å². The Bertz CT molecular complexity index is 1450. The van der Waals surface area contributed by atoms with Crippen molar-refractivity contribution < 1.29 is 28.6 Å². The molecule has 0 aliphatic heterocycles. The Hall–Kier alpha value is -3.15. The van der Waals surface area contributed by atoms with E-state index < -0.39 is 6.10 Å². The molecule has 0 aliphatic rings. The number of hydrogen-bond acceptors (Lipinski definition) is 6. The van der Waals surface area contributed by atoms with Gasteiger partial charge in [0.15, 0.2) is 6.10 Å². The summed E-state index contributed by atoms with van der Waals surface area (Å²) >= 11 is 0. The molecule has 0 radical (unpaired) electrons. The molecule has 6 heteroatoms. The van der Waals surface area contributed by atoms with Gasteiger partial charge < -0.3 is 14.2 Å². The molecule has 1 atom stereocenters. The predicted molar refractivity (Wildman–Crippen MR) is 344 cm³/mol. The van der Waals surface area contributed by atoms with E-state index >= 15 is 0 Å². The molecule has 0 aromatic rings. The molecule has 0 aromatic carbocycles. The monoisotopic (exact) mass is 1100 g/mol. The molecule has 6 nitrogen and oxygen atoms in total. The second-order valence-corrected chi connectivity index (χ2v) is 23.1. The van der Waals surface area contributed by atoms with Crippen LogP contribution in [0.25, 0.3) is 0 Å². The van der Waals surface area contributed by atoms with Crippen LogP contribution in [-0.4, -0.2) is 37.2 Å². The lowest BCUT2D eigenvalue weighted by Crippen LogP contribution is -2.30. The molecule has 0 aliphatic carbocycles. The quantitative estimate of drug-likeness (QED) is 0.0261. The molecular weight excluding hydrogens is 973 g/mol. The zero-order valence-corrected chi connectivity index (χ0v) is 52.6. The van der Waals surface area contributed by atoms with Crippen LogP contribution in [0.15, 0.2) is 72.9 Å². The SMILES string of the molecule is CCCCC/C=C\C/C=C\C/C=C\CCCCCCCCC(=O)OC(COC(=O)CCCCCCC/C=C\CCCCCC)COC(=O)CCCCCCCCCCCCCCCCCCC/C=C\C/C=C\CCCCCCC. The molecule has 0 saturated carbocycles. The lowest BCUT2D eigenvalue weighted by Gasteiger charge is -2.18. The number of allylic oxidation sites excluding steroid dienone is 12. The second-order valence-electron chi connectivity index (χ2n) is 23.1. The molecule has 79 heavy (non-hydrogen) atoms. The molecule has 458 valence electrons. The van der Waals surface area contributed by atoms with E-state index in [-0.39, 0.29) is 31.1 Å². The minimum Gasteiger partial charge on any atom is -0.462 e. The van der Waals surface area contributed by atoms with Gasteiger partial charge >= 0.3 is 17.9 Å². The van der Waals surface area contributed by atoms with E-state index in [1.165, 1.54) is 218 Å². The number of unbranched alkanes of at least 4 members (excludes halogenated alkanes) is 40. The molecular formula is C73H130O6. The third kappa shape index (κ3) is 65.5. The molecule has 0 bridgehead atoms. The van der Waals surface area contributed by atoms with Crippen LogP contribution < -0.4 is 0 Å². The van der Waals surface area contributed by atoms with E-state index in [9.17, 15) is 14.4 Å². The van der Waals surface area contributed by atoms with Crippen LogP contribution in [0.2, 0.25) is 0 Å². The summed E-state index contributed by atoms with van der Waals surface area (Å²) in [5.41, 5.74) is 0. The molecule has 0 fully saturated rings. The van der Waals surface area contributed by atoms with E-state index in [0.29, 0.717) is 19.3 Å². The average Bonchev–Trinajstić information content (AvgIpc) is 3.45. The van der Waals surface area contributed by atoms with Crippen molar-refractivity contribution in [3.8, 4) is 0 Å². The van der Waals surface area contributed by atoms with Gasteiger partial charge in [-0.3, -0.25) is 14.4 Å². The lowest BCUT2D eigenvalue weighted by atomic mass is 10.0. The van der Waals surface area contributed by atoms with Crippen molar-refractivity contribution in [3.63, 3.8) is 0 Å². The van der Waals surface area contributed by atoms with Crippen LogP contribution in [0.5, 0.6) is 0 Å². The van der Waals surface area contributed by atoms with Crippen LogP contribution in [0, 0.1) is 0 Å². The van der Waals surface area contributed by atoms with Gasteiger partial charge in [0.05, 0.1) is 0 Å². The number of rotatable bonds is 63. The van der Waals surface area contributed by atoms with Gasteiger partial charge in [0, 0.05) is 19.3 Å². The fourth-order valence-electron chi connectivity index (χ4n) is 9.95. The summed E-state index contributed by atoms with van der Waals surface area (Å²) in [5, 5.41) is 0. The minimum atomic E-state index is -0.786. The second kappa shape index (κ2) is 67.4. The number of ether oxygens (including phenoxy) is 3. The first-order valence-electron chi connectivity index (χ1n) is 34.4. The van der Waals surface area contributed by atoms with E-state index in [2.05, 4.69) is 93.7 Å². The van der Waals surface area contributed by atoms with Gasteiger partial charge in [0.1, 0.15) is 13.2 Å². The molecule has 1 unspecified atom stereocenters. The van der Waals surface area contributed by atoms with Crippen LogP contribution in [-0.2, 0) is 28.6 Å². The average molecular weight is 1100 g/mol. The Balaban J connectivity index is 4.24. The number of esters is 3. The van der Waals surface area contributed by atoms with Crippen LogP contribution >= 0.6 is 0 Å². The van der Waals surface area contributed by atoms with Crippen molar-refractivity contribution in [1.82, 2.24) is 0 Å². The van der Waals surface area contributed by atoms with E-state index in [1.807, 2.05) is 0 Å². The molecule has 0 rings (SSSR count). The first-order chi connectivity index (χ1) is 39.0. The Morgan fingerprint density at radius 1 is 0.253 bits per heavy atom. The number of carbonyl (C=O) groups is 3. The highest BCUT2D eigenvalue weighted by Gasteiger charge is 2.19. The van der Waals surface area contributed by atoms with Crippen molar-refractivity contribution in [2.75, 3.05) is 13.2 Å². The third-order valence-corrected chi connectivity index (χ3v) is 15.2. The van der Waals surface area contributed by atoms with Crippen LogP contribution in [0.4, 0.5) is 0 Å². The van der Waals surface area contributed by atoms with Gasteiger partial charge in [-0.2, -0.15) is 0 Å². The highest BCUT2D eigenvalue weighted by Crippen LogP contribution is 2.17. The minimum absolute atomic E-state index is 0.0807. The molecule has 0 aromatic heterocycles. The van der Waals surface area contributed by atoms with E-state index in [0.717, 1.165) is 96.3 Å². The first kappa shape index (κ1) is 75.8. The predicted octanol–water partition coefficient (Wildman–Crippen LogP) is 23.7. The van der Waals surface area contributed by atoms with Crippen molar-refractivity contribution in [3.05, 3.63) is 72.9 Å². The zero-order valence-electron chi connectivity index (χ0n) is 52.6. The topological polar surface area (TPSA) is 78.9 Å². The Morgan fingerprint density at radius 3 is 0.759 bits per heavy atom. The van der Waals surface area contributed by atoms with Gasteiger partial charge in [-0.05, 0) is 116 Å². The summed E-state index contributed by atoms with van der Waals surface area (Å²) in [6, 6.07) is 0. The Labute approximate surface area is 491 Å². The fraction of sp³-hybridized carbons (Fsp3) is 0.795. The smallest absolute Gasteiger partial charge is 0.306 e. The number of hydrogen-bond donors (Lipinski definition) is 0. The first-order valence-corrected chi connectivity index (χ1v) is 34.4. The highest BCUT2D eigenvalue weighted by atomic mass is 16.6. The van der Waals surface area contributed by atoms with Crippen LogP contribution in [0.3, 0.4) is 0 Å². The Kier molecular flexibility index (Phi) is 64.7. The maximum absolute atomic E-state index is 12.9.